The van der Waals surface area contributed by atoms with E-state index in [1.807, 2.05) is 109 Å². The van der Waals surface area contributed by atoms with Crippen molar-refractivity contribution in [3.63, 3.8) is 0 Å². The van der Waals surface area contributed by atoms with Crippen molar-refractivity contribution in [2.45, 2.75) is 10.3 Å². The average molecular weight is 676 g/mol. The number of hydrogen-bond donors (Lipinski definition) is 0. The molecule has 6 aromatic rings. The predicted molar refractivity (Wildman–Crippen MR) is 195 cm³/mol. The molecule has 0 N–H and O–H groups in total. The molecule has 48 heavy (non-hydrogen) atoms. The first-order valence-electron chi connectivity index (χ1n) is 15.5. The summed E-state index contributed by atoms with van der Waals surface area (Å²) in [5.74, 6) is 2.83. The molecule has 1 atom stereocenters. The first-order valence-corrected chi connectivity index (χ1v) is 16.3. The number of ether oxygens (including phenoxy) is 4. The molecule has 0 fully saturated rings. The van der Waals surface area contributed by atoms with Crippen molar-refractivity contribution in [1.29, 1.82) is 0 Å². The number of methoxy groups -OCH3 is 4. The van der Waals surface area contributed by atoms with Crippen molar-refractivity contribution in [2.75, 3.05) is 28.4 Å². The number of rotatable bonds is 11. The van der Waals surface area contributed by atoms with Gasteiger partial charge in [-0.05, 0) is 70.3 Å². The van der Waals surface area contributed by atoms with Crippen LogP contribution in [0.25, 0.3) is 0 Å². The van der Waals surface area contributed by atoms with E-state index in [1.54, 1.807) is 28.4 Å². The van der Waals surface area contributed by atoms with Gasteiger partial charge < -0.3 is 18.9 Å². The molecule has 0 aliphatic rings. The lowest BCUT2D eigenvalue weighted by molar-refractivity contribution is 0.404. The summed E-state index contributed by atoms with van der Waals surface area (Å²) in [6, 6.07) is 48.2. The van der Waals surface area contributed by atoms with Gasteiger partial charge in [0.25, 0.3) is 0 Å². The fourth-order valence-corrected chi connectivity index (χ4v) is 7.51. The Morgan fingerprint density at radius 2 is 0.792 bits per heavy atom. The minimum absolute atomic E-state index is 0.472. The molecule has 0 saturated carbocycles. The van der Waals surface area contributed by atoms with Gasteiger partial charge in [0.1, 0.15) is 27.9 Å². The van der Waals surface area contributed by atoms with Crippen LogP contribution in [-0.4, -0.2) is 28.4 Å². The van der Waals surface area contributed by atoms with E-state index >= 15 is 0 Å². The van der Waals surface area contributed by atoms with Gasteiger partial charge in [-0.15, -0.1) is 11.6 Å². The monoisotopic (exact) mass is 674 g/mol. The maximum atomic E-state index is 7.95. The average Bonchev–Trinajstić information content (AvgIpc) is 3.16. The van der Waals surface area contributed by atoms with Crippen LogP contribution in [0.2, 0.25) is 5.02 Å². The smallest absolute Gasteiger partial charge is 0.125 e. The summed E-state index contributed by atoms with van der Waals surface area (Å²) >= 11 is 15.8. The number of alkyl halides is 1. The van der Waals surface area contributed by atoms with Crippen LogP contribution in [0.1, 0.15) is 38.9 Å². The summed E-state index contributed by atoms with van der Waals surface area (Å²) in [6.45, 7) is 0. The highest BCUT2D eigenvalue weighted by Gasteiger charge is 2.45. The molecule has 0 bridgehead atoms. The highest BCUT2D eigenvalue weighted by molar-refractivity contribution is 6.36. The molecule has 0 aromatic heterocycles. The number of halogens is 2. The molecule has 6 heteroatoms. The molecule has 242 valence electrons. The maximum absolute atomic E-state index is 7.95. The highest BCUT2D eigenvalue weighted by Crippen LogP contribution is 2.55. The van der Waals surface area contributed by atoms with E-state index < -0.39 is 10.3 Å². The number of hydrogen-bond acceptors (Lipinski definition) is 4. The van der Waals surface area contributed by atoms with Crippen LogP contribution in [0, 0.1) is 0 Å². The molecule has 0 heterocycles. The van der Waals surface area contributed by atoms with Gasteiger partial charge in [-0.1, -0.05) is 115 Å². The molecule has 0 amide bonds. The number of benzene rings is 6. The van der Waals surface area contributed by atoms with Crippen LogP contribution in [0.3, 0.4) is 0 Å². The van der Waals surface area contributed by atoms with Crippen molar-refractivity contribution in [3.05, 3.63) is 190 Å². The van der Waals surface area contributed by atoms with Gasteiger partial charge >= 0.3 is 0 Å². The summed E-state index contributed by atoms with van der Waals surface area (Å²) in [6.07, 6.45) is 0. The Morgan fingerprint density at radius 3 is 1.21 bits per heavy atom. The molecule has 0 aliphatic heterocycles. The van der Waals surface area contributed by atoms with Gasteiger partial charge in [0.15, 0.2) is 0 Å². The van der Waals surface area contributed by atoms with Gasteiger partial charge in [-0.25, -0.2) is 0 Å². The normalized spacial score (nSPS) is 12.5. The van der Waals surface area contributed by atoms with Crippen molar-refractivity contribution in [3.8, 4) is 23.0 Å². The molecular weight excluding hydrogens is 639 g/mol. The Bertz CT molecular complexity index is 1910. The second-order valence-electron chi connectivity index (χ2n) is 11.3. The third-order valence-electron chi connectivity index (χ3n) is 8.98. The van der Waals surface area contributed by atoms with E-state index in [9.17, 15) is 0 Å². The van der Waals surface area contributed by atoms with E-state index in [0.29, 0.717) is 16.3 Å². The van der Waals surface area contributed by atoms with E-state index in [-0.39, 0.29) is 0 Å². The van der Waals surface area contributed by atoms with Crippen LogP contribution in [0.5, 0.6) is 23.0 Å². The first-order chi connectivity index (χ1) is 23.4. The quantitative estimate of drug-likeness (QED) is 0.101. The fraction of sp³-hybridized carbons (Fsp3) is 0.143. The molecule has 0 aliphatic carbocycles. The zero-order valence-corrected chi connectivity index (χ0v) is 28.8. The molecule has 6 aromatic carbocycles. The predicted octanol–water partition coefficient (Wildman–Crippen LogP) is 10.3. The largest absolute Gasteiger partial charge is 0.497 e. The lowest BCUT2D eigenvalue weighted by Gasteiger charge is -2.40. The summed E-state index contributed by atoms with van der Waals surface area (Å²) in [5.41, 5.74) is 5.11. The standard InChI is InChI=1S/C42H36Cl2O4/c1-45-34-21-15-30(16-22-34)41(29-11-7-5-8-12-29,31-17-23-35(46-2)24-18-31)39-38(48-4)28-27-37(40(39)43)42(44,32-13-9-6-10-14-32)33-19-25-36(47-3)26-20-33/h5-28H,1-4H3. The Morgan fingerprint density at radius 1 is 0.417 bits per heavy atom. The molecule has 0 spiro atoms. The third-order valence-corrected chi connectivity index (χ3v) is 10.0. The van der Waals surface area contributed by atoms with Crippen LogP contribution in [0.15, 0.2) is 146 Å². The Hall–Kier alpha value is -4.90. The van der Waals surface area contributed by atoms with E-state index in [4.69, 9.17) is 42.1 Å². The van der Waals surface area contributed by atoms with E-state index in [1.165, 1.54) is 0 Å². The molecular formula is C42H36Cl2O4. The maximum Gasteiger partial charge on any atom is 0.125 e. The third kappa shape index (κ3) is 5.66. The van der Waals surface area contributed by atoms with Gasteiger partial charge in [-0.3, -0.25) is 0 Å². The topological polar surface area (TPSA) is 36.9 Å². The molecule has 4 nitrogen and oxygen atoms in total. The minimum Gasteiger partial charge on any atom is -0.497 e. The van der Waals surface area contributed by atoms with Crippen molar-refractivity contribution in [1.82, 2.24) is 0 Å². The lowest BCUT2D eigenvalue weighted by atomic mass is 9.64. The zero-order valence-electron chi connectivity index (χ0n) is 27.2. The minimum atomic E-state index is -1.17. The van der Waals surface area contributed by atoms with Crippen LogP contribution < -0.4 is 18.9 Å². The highest BCUT2D eigenvalue weighted by atomic mass is 35.5. The van der Waals surface area contributed by atoms with Crippen LogP contribution >= 0.6 is 23.2 Å². The van der Waals surface area contributed by atoms with Gasteiger partial charge in [0.2, 0.25) is 0 Å². The second-order valence-corrected chi connectivity index (χ2v) is 12.3. The second kappa shape index (κ2) is 14.1. The zero-order chi connectivity index (χ0) is 33.7. The Kier molecular flexibility index (Phi) is 9.68. The summed E-state index contributed by atoms with van der Waals surface area (Å²) < 4.78 is 22.9. The summed E-state index contributed by atoms with van der Waals surface area (Å²) in [5, 5.41) is 0.472. The first kappa shape index (κ1) is 33.0. The van der Waals surface area contributed by atoms with Gasteiger partial charge in [0, 0.05) is 11.1 Å². The van der Waals surface area contributed by atoms with Crippen molar-refractivity contribution in [2.24, 2.45) is 0 Å². The summed E-state index contributed by atoms with van der Waals surface area (Å²) in [7, 11) is 6.64. The molecule has 0 saturated heterocycles. The van der Waals surface area contributed by atoms with Gasteiger partial charge in [-0.2, -0.15) is 0 Å². The summed E-state index contributed by atoms with van der Waals surface area (Å²) in [4.78, 5) is -1.17. The van der Waals surface area contributed by atoms with Gasteiger partial charge in [0.05, 0.1) is 38.9 Å². The SMILES string of the molecule is COc1ccc(C(Cl)(c2ccccc2)c2ccc(OC)c(C(c3ccccc3)(c3ccc(OC)cc3)c3ccc(OC)cc3)c2Cl)cc1. The lowest BCUT2D eigenvalue weighted by Crippen LogP contribution is -2.33. The Labute approximate surface area is 292 Å². The molecule has 0 radical (unpaired) electrons. The molecule has 1 unspecified atom stereocenters. The van der Waals surface area contributed by atoms with Crippen molar-refractivity contribution < 1.29 is 18.9 Å². The van der Waals surface area contributed by atoms with E-state index in [2.05, 4.69) is 36.4 Å². The Balaban J connectivity index is 1.77. The fourth-order valence-electron chi connectivity index (χ4n) is 6.61. The van der Waals surface area contributed by atoms with Crippen LogP contribution in [0.4, 0.5) is 0 Å². The van der Waals surface area contributed by atoms with Crippen LogP contribution in [-0.2, 0) is 10.3 Å². The van der Waals surface area contributed by atoms with Crippen molar-refractivity contribution >= 4 is 23.2 Å². The molecule has 6 rings (SSSR count). The van der Waals surface area contributed by atoms with E-state index in [0.717, 1.165) is 50.6 Å².